The molecule has 3 aromatic carbocycles. The van der Waals surface area contributed by atoms with Crippen LogP contribution in [0.3, 0.4) is 0 Å². The van der Waals surface area contributed by atoms with Crippen molar-refractivity contribution < 1.29 is 18.7 Å². The van der Waals surface area contributed by atoms with Gasteiger partial charge in [-0.2, -0.15) is 0 Å². The Morgan fingerprint density at radius 3 is 2.50 bits per heavy atom. The van der Waals surface area contributed by atoms with Gasteiger partial charge in [0.05, 0.1) is 0 Å². The standard InChI is InChI=1S/C26H25FN2O3/c1-3-21(18-6-11-25-23(15-18)29-16-32-25)26(17-4-8-20(30)9-5-17)19-7-10-24(22(27)14-19)31-13-12-28-2/h4-11,14-16,28,30H,3,12-13H2,1-2H3/b26-21-. The lowest BCUT2D eigenvalue weighted by atomic mass is 9.88. The first-order valence-corrected chi connectivity index (χ1v) is 10.5. The summed E-state index contributed by atoms with van der Waals surface area (Å²) in [5.41, 5.74) is 5.98. The number of allylic oxidation sites excluding steroid dienone is 1. The Bertz CT molecular complexity index is 1250. The molecule has 0 bridgehead atoms. The van der Waals surface area contributed by atoms with Gasteiger partial charge in [0, 0.05) is 6.54 Å². The normalized spacial score (nSPS) is 12.1. The number of ether oxygens (including phenoxy) is 1. The van der Waals surface area contributed by atoms with Gasteiger partial charge in [-0.1, -0.05) is 31.2 Å². The highest BCUT2D eigenvalue weighted by Gasteiger charge is 2.16. The Kier molecular flexibility index (Phi) is 6.52. The minimum atomic E-state index is -0.419. The molecule has 0 amide bonds. The summed E-state index contributed by atoms with van der Waals surface area (Å²) in [7, 11) is 1.82. The molecular weight excluding hydrogens is 407 g/mol. The second kappa shape index (κ2) is 9.66. The van der Waals surface area contributed by atoms with Crippen LogP contribution >= 0.6 is 0 Å². The van der Waals surface area contributed by atoms with Crippen molar-refractivity contribution in [3.05, 3.63) is 89.6 Å². The van der Waals surface area contributed by atoms with Gasteiger partial charge in [0.2, 0.25) is 0 Å². The average molecular weight is 432 g/mol. The molecule has 0 aliphatic heterocycles. The van der Waals surface area contributed by atoms with E-state index in [-0.39, 0.29) is 11.5 Å². The highest BCUT2D eigenvalue weighted by atomic mass is 19.1. The van der Waals surface area contributed by atoms with E-state index < -0.39 is 5.82 Å². The van der Waals surface area contributed by atoms with E-state index in [0.717, 1.165) is 33.4 Å². The van der Waals surface area contributed by atoms with Crippen LogP contribution in [0.25, 0.3) is 22.2 Å². The van der Waals surface area contributed by atoms with Gasteiger partial charge in [-0.05, 0) is 77.7 Å². The van der Waals surface area contributed by atoms with E-state index in [2.05, 4.69) is 17.2 Å². The Morgan fingerprint density at radius 1 is 1.03 bits per heavy atom. The molecule has 0 aliphatic carbocycles. The van der Waals surface area contributed by atoms with Gasteiger partial charge in [0.25, 0.3) is 0 Å². The van der Waals surface area contributed by atoms with Crippen LogP contribution in [0.15, 0.2) is 71.5 Å². The summed E-state index contributed by atoms with van der Waals surface area (Å²) in [5, 5.41) is 12.8. The van der Waals surface area contributed by atoms with E-state index >= 15 is 0 Å². The van der Waals surface area contributed by atoms with Gasteiger partial charge < -0.3 is 19.6 Å². The van der Waals surface area contributed by atoms with Crippen LogP contribution in [0.2, 0.25) is 0 Å². The van der Waals surface area contributed by atoms with Gasteiger partial charge in [0.1, 0.15) is 17.9 Å². The molecule has 0 fully saturated rings. The summed E-state index contributed by atoms with van der Waals surface area (Å²) < 4.78 is 25.8. The molecule has 4 aromatic rings. The highest BCUT2D eigenvalue weighted by molar-refractivity contribution is 5.99. The Labute approximate surface area is 186 Å². The Balaban J connectivity index is 1.86. The van der Waals surface area contributed by atoms with E-state index in [9.17, 15) is 9.50 Å². The summed E-state index contributed by atoms with van der Waals surface area (Å²) in [6, 6.07) is 17.8. The molecule has 0 unspecified atom stereocenters. The number of fused-ring (bicyclic) bond motifs is 1. The zero-order valence-corrected chi connectivity index (χ0v) is 18.1. The fourth-order valence-electron chi connectivity index (χ4n) is 3.75. The molecule has 0 aliphatic rings. The van der Waals surface area contributed by atoms with Crippen molar-refractivity contribution in [2.75, 3.05) is 20.2 Å². The minimum Gasteiger partial charge on any atom is -0.508 e. The van der Waals surface area contributed by atoms with Crippen molar-refractivity contribution in [3.8, 4) is 11.5 Å². The molecule has 2 N–H and O–H groups in total. The summed E-state index contributed by atoms with van der Waals surface area (Å²) >= 11 is 0. The molecule has 0 spiro atoms. The summed E-state index contributed by atoms with van der Waals surface area (Å²) in [4.78, 5) is 4.27. The minimum absolute atomic E-state index is 0.176. The number of aromatic nitrogens is 1. The fourth-order valence-corrected chi connectivity index (χ4v) is 3.75. The number of aromatic hydroxyl groups is 1. The lowest BCUT2D eigenvalue weighted by Crippen LogP contribution is -2.16. The van der Waals surface area contributed by atoms with Gasteiger partial charge >= 0.3 is 0 Å². The number of hydrogen-bond donors (Lipinski definition) is 2. The number of hydrogen-bond acceptors (Lipinski definition) is 5. The third-order valence-electron chi connectivity index (χ3n) is 5.32. The largest absolute Gasteiger partial charge is 0.508 e. The van der Waals surface area contributed by atoms with Gasteiger partial charge in [-0.3, -0.25) is 0 Å². The number of nitrogens with one attached hydrogen (secondary N) is 1. The molecule has 1 aromatic heterocycles. The molecule has 5 nitrogen and oxygen atoms in total. The summed E-state index contributed by atoms with van der Waals surface area (Å²) in [5.74, 6) is -0.0250. The molecule has 164 valence electrons. The van der Waals surface area contributed by atoms with E-state index in [4.69, 9.17) is 9.15 Å². The van der Waals surface area contributed by atoms with Crippen LogP contribution in [-0.2, 0) is 0 Å². The first-order chi connectivity index (χ1) is 15.6. The maximum atomic E-state index is 14.9. The van der Waals surface area contributed by atoms with Crippen molar-refractivity contribution in [3.63, 3.8) is 0 Å². The van der Waals surface area contributed by atoms with Crippen molar-refractivity contribution in [1.29, 1.82) is 0 Å². The third kappa shape index (κ3) is 4.50. The first-order valence-electron chi connectivity index (χ1n) is 10.5. The average Bonchev–Trinajstić information content (AvgIpc) is 3.27. The number of phenols is 1. The maximum Gasteiger partial charge on any atom is 0.181 e. The van der Waals surface area contributed by atoms with E-state index in [1.807, 2.05) is 43.4 Å². The van der Waals surface area contributed by atoms with Crippen molar-refractivity contribution in [1.82, 2.24) is 10.3 Å². The molecule has 32 heavy (non-hydrogen) atoms. The number of phenolic OH excluding ortho intramolecular Hbond substituents is 1. The van der Waals surface area contributed by atoms with Gasteiger partial charge in [-0.25, -0.2) is 9.37 Å². The van der Waals surface area contributed by atoms with Gasteiger partial charge in [-0.15, -0.1) is 0 Å². The van der Waals surface area contributed by atoms with E-state index in [0.29, 0.717) is 25.2 Å². The van der Waals surface area contributed by atoms with Crippen LogP contribution in [0.1, 0.15) is 30.0 Å². The van der Waals surface area contributed by atoms with Crippen LogP contribution in [0, 0.1) is 5.82 Å². The third-order valence-corrected chi connectivity index (χ3v) is 5.32. The number of nitrogens with zero attached hydrogens (tertiary/aromatic N) is 1. The summed E-state index contributed by atoms with van der Waals surface area (Å²) in [6.07, 6.45) is 2.13. The number of halogens is 1. The van der Waals surface area contributed by atoms with E-state index in [1.165, 1.54) is 12.5 Å². The van der Waals surface area contributed by atoms with E-state index in [1.54, 1.807) is 18.2 Å². The second-order valence-corrected chi connectivity index (χ2v) is 7.39. The topological polar surface area (TPSA) is 67.5 Å². The number of benzene rings is 3. The predicted molar refractivity (Wildman–Crippen MR) is 124 cm³/mol. The van der Waals surface area contributed by atoms with Crippen LogP contribution in [-0.4, -0.2) is 30.3 Å². The zero-order valence-electron chi connectivity index (χ0n) is 18.1. The second-order valence-electron chi connectivity index (χ2n) is 7.39. The Hall–Kier alpha value is -3.64. The molecule has 0 atom stereocenters. The highest BCUT2D eigenvalue weighted by Crippen LogP contribution is 2.37. The van der Waals surface area contributed by atoms with Crippen molar-refractivity contribution >= 4 is 22.2 Å². The van der Waals surface area contributed by atoms with Crippen LogP contribution in [0.5, 0.6) is 11.5 Å². The van der Waals surface area contributed by atoms with Crippen molar-refractivity contribution in [2.45, 2.75) is 13.3 Å². The monoisotopic (exact) mass is 432 g/mol. The predicted octanol–water partition coefficient (Wildman–Crippen LogP) is 5.64. The molecule has 1 heterocycles. The number of oxazole rings is 1. The molecule has 0 saturated carbocycles. The van der Waals surface area contributed by atoms with Crippen LogP contribution in [0.4, 0.5) is 4.39 Å². The number of likely N-dealkylation sites (N-methyl/N-ethyl adjacent to an activating group) is 1. The molecule has 0 saturated heterocycles. The lowest BCUT2D eigenvalue weighted by Gasteiger charge is -2.17. The zero-order chi connectivity index (χ0) is 22.5. The molecular formula is C26H25FN2O3. The van der Waals surface area contributed by atoms with Gasteiger partial charge in [0.15, 0.2) is 23.5 Å². The number of rotatable bonds is 8. The molecule has 0 radical (unpaired) electrons. The SMILES string of the molecule is CC/C(=C(\c1ccc(O)cc1)c1ccc(OCCNC)c(F)c1)c1ccc2ocnc2c1. The molecule has 6 heteroatoms. The van der Waals surface area contributed by atoms with Crippen LogP contribution < -0.4 is 10.1 Å². The lowest BCUT2D eigenvalue weighted by molar-refractivity contribution is 0.302. The summed E-state index contributed by atoms with van der Waals surface area (Å²) in [6.45, 7) is 3.07. The fraction of sp³-hybridized carbons (Fsp3) is 0.192. The maximum absolute atomic E-state index is 14.9. The molecule has 4 rings (SSSR count). The van der Waals surface area contributed by atoms with Crippen molar-refractivity contribution in [2.24, 2.45) is 0 Å². The Morgan fingerprint density at radius 2 is 1.78 bits per heavy atom. The smallest absolute Gasteiger partial charge is 0.181 e. The first kappa shape index (κ1) is 21.6. The quantitative estimate of drug-likeness (QED) is 0.279.